The third-order valence-corrected chi connectivity index (χ3v) is 2.45. The second-order valence-electron chi connectivity index (χ2n) is 5.46. The van der Waals surface area contributed by atoms with Crippen LogP contribution in [0.15, 0.2) is 30.3 Å². The second kappa shape index (κ2) is 6.93. The molecular formula is C15H21NO4. The number of carbonyl (C=O) groups excluding carboxylic acids is 1. The van der Waals surface area contributed by atoms with Gasteiger partial charge in [-0.05, 0) is 39.3 Å². The van der Waals surface area contributed by atoms with Crippen LogP contribution in [-0.2, 0) is 9.53 Å². The van der Waals surface area contributed by atoms with E-state index in [4.69, 9.17) is 9.84 Å². The minimum atomic E-state index is -0.873. The monoisotopic (exact) mass is 279 g/mol. The normalized spacial score (nSPS) is 10.9. The summed E-state index contributed by atoms with van der Waals surface area (Å²) in [4.78, 5) is 24.2. The van der Waals surface area contributed by atoms with Crippen molar-refractivity contribution in [2.75, 3.05) is 11.4 Å². The number of carboxylic acid groups (broad SMARTS) is 1. The van der Waals surface area contributed by atoms with E-state index in [9.17, 15) is 9.59 Å². The van der Waals surface area contributed by atoms with E-state index in [0.29, 0.717) is 18.7 Å². The zero-order chi connectivity index (χ0) is 15.2. The highest BCUT2D eigenvalue weighted by Gasteiger charge is 2.23. The minimum absolute atomic E-state index is 0.0200. The molecule has 0 spiro atoms. The quantitative estimate of drug-likeness (QED) is 0.898. The minimum Gasteiger partial charge on any atom is -0.481 e. The number of amides is 1. The van der Waals surface area contributed by atoms with Crippen molar-refractivity contribution in [3.63, 3.8) is 0 Å². The Morgan fingerprint density at radius 2 is 1.80 bits per heavy atom. The predicted octanol–water partition coefficient (Wildman–Crippen LogP) is 3.29. The lowest BCUT2D eigenvalue weighted by atomic mass is 10.2. The average Bonchev–Trinajstić information content (AvgIpc) is 2.33. The van der Waals surface area contributed by atoms with Gasteiger partial charge in [0.1, 0.15) is 5.60 Å². The molecule has 0 aliphatic carbocycles. The van der Waals surface area contributed by atoms with Crippen molar-refractivity contribution < 1.29 is 19.4 Å². The molecule has 0 radical (unpaired) electrons. The van der Waals surface area contributed by atoms with Gasteiger partial charge in [-0.2, -0.15) is 0 Å². The van der Waals surface area contributed by atoms with Crippen LogP contribution in [0.3, 0.4) is 0 Å². The molecule has 0 aliphatic heterocycles. The molecule has 20 heavy (non-hydrogen) atoms. The van der Waals surface area contributed by atoms with Crippen LogP contribution >= 0.6 is 0 Å². The lowest BCUT2D eigenvalue weighted by Gasteiger charge is -2.27. The number of nitrogens with zero attached hydrogens (tertiary/aromatic N) is 1. The molecule has 110 valence electrons. The van der Waals surface area contributed by atoms with Gasteiger partial charge in [-0.15, -0.1) is 0 Å². The average molecular weight is 279 g/mol. The molecule has 1 N–H and O–H groups in total. The van der Waals surface area contributed by atoms with Crippen molar-refractivity contribution >= 4 is 17.7 Å². The number of carbonyl (C=O) groups is 2. The highest BCUT2D eigenvalue weighted by Crippen LogP contribution is 2.18. The molecule has 1 aromatic rings. The standard InChI is InChI=1S/C15H21NO4/c1-15(2,3)20-14(19)16(11-7-10-13(17)18)12-8-5-4-6-9-12/h4-6,8-9H,7,10-11H2,1-3H3,(H,17,18). The topological polar surface area (TPSA) is 66.8 Å². The molecule has 1 aromatic carbocycles. The molecule has 0 unspecified atom stereocenters. The number of rotatable bonds is 5. The van der Waals surface area contributed by atoms with Gasteiger partial charge in [0.2, 0.25) is 0 Å². The summed E-state index contributed by atoms with van der Waals surface area (Å²) in [5, 5.41) is 8.69. The Morgan fingerprint density at radius 1 is 1.20 bits per heavy atom. The molecule has 1 amide bonds. The number of anilines is 1. The fourth-order valence-corrected chi connectivity index (χ4v) is 1.64. The lowest BCUT2D eigenvalue weighted by Crippen LogP contribution is -2.37. The Morgan fingerprint density at radius 3 is 2.30 bits per heavy atom. The Bertz CT molecular complexity index is 451. The summed E-state index contributed by atoms with van der Waals surface area (Å²) < 4.78 is 5.35. The van der Waals surface area contributed by atoms with Gasteiger partial charge in [-0.3, -0.25) is 9.69 Å². The van der Waals surface area contributed by atoms with Crippen LogP contribution < -0.4 is 4.90 Å². The number of aliphatic carboxylic acids is 1. The van der Waals surface area contributed by atoms with Crippen molar-refractivity contribution in [3.8, 4) is 0 Å². The highest BCUT2D eigenvalue weighted by molar-refractivity contribution is 5.87. The summed E-state index contributed by atoms with van der Waals surface area (Å²) in [5.74, 6) is -0.873. The van der Waals surface area contributed by atoms with Gasteiger partial charge in [0.15, 0.2) is 0 Å². The van der Waals surface area contributed by atoms with Crippen molar-refractivity contribution in [1.82, 2.24) is 0 Å². The maximum atomic E-state index is 12.2. The van der Waals surface area contributed by atoms with Crippen molar-refractivity contribution in [2.45, 2.75) is 39.2 Å². The first kappa shape index (κ1) is 16.0. The van der Waals surface area contributed by atoms with Crippen LogP contribution in [0.4, 0.5) is 10.5 Å². The molecule has 0 aromatic heterocycles. The molecular weight excluding hydrogens is 258 g/mol. The van der Waals surface area contributed by atoms with E-state index in [2.05, 4.69) is 0 Å². The zero-order valence-corrected chi connectivity index (χ0v) is 12.1. The number of para-hydroxylation sites is 1. The van der Waals surface area contributed by atoms with Gasteiger partial charge in [0.05, 0.1) is 0 Å². The molecule has 0 fully saturated rings. The SMILES string of the molecule is CC(C)(C)OC(=O)N(CCCC(=O)O)c1ccccc1. The highest BCUT2D eigenvalue weighted by atomic mass is 16.6. The van der Waals surface area contributed by atoms with Crippen LogP contribution in [0, 0.1) is 0 Å². The Balaban J connectivity index is 2.79. The molecule has 0 saturated carbocycles. The molecule has 0 bridgehead atoms. The van der Waals surface area contributed by atoms with Gasteiger partial charge >= 0.3 is 12.1 Å². The van der Waals surface area contributed by atoms with E-state index in [-0.39, 0.29) is 6.42 Å². The molecule has 1 rings (SSSR count). The number of hydrogen-bond donors (Lipinski definition) is 1. The van der Waals surface area contributed by atoms with Crippen LogP contribution in [0.25, 0.3) is 0 Å². The molecule has 5 nitrogen and oxygen atoms in total. The maximum Gasteiger partial charge on any atom is 0.414 e. The van der Waals surface area contributed by atoms with E-state index < -0.39 is 17.7 Å². The smallest absolute Gasteiger partial charge is 0.414 e. The molecule has 5 heteroatoms. The predicted molar refractivity (Wildman–Crippen MR) is 76.9 cm³/mol. The van der Waals surface area contributed by atoms with Crippen LogP contribution in [0.5, 0.6) is 0 Å². The first-order valence-electron chi connectivity index (χ1n) is 6.57. The van der Waals surface area contributed by atoms with E-state index >= 15 is 0 Å². The number of ether oxygens (including phenoxy) is 1. The van der Waals surface area contributed by atoms with Crippen molar-refractivity contribution in [3.05, 3.63) is 30.3 Å². The third kappa shape index (κ3) is 5.73. The van der Waals surface area contributed by atoms with Gasteiger partial charge in [-0.25, -0.2) is 4.79 Å². The lowest BCUT2D eigenvalue weighted by molar-refractivity contribution is -0.137. The van der Waals surface area contributed by atoms with E-state index in [0.717, 1.165) is 0 Å². The largest absolute Gasteiger partial charge is 0.481 e. The number of benzene rings is 1. The Hall–Kier alpha value is -2.04. The molecule has 0 aliphatic rings. The Labute approximate surface area is 119 Å². The molecule has 0 atom stereocenters. The Kier molecular flexibility index (Phi) is 5.55. The van der Waals surface area contributed by atoms with Gasteiger partial charge in [0, 0.05) is 18.7 Å². The van der Waals surface area contributed by atoms with Gasteiger partial charge < -0.3 is 9.84 Å². The summed E-state index contributed by atoms with van der Waals surface area (Å²) in [6, 6.07) is 9.09. The van der Waals surface area contributed by atoms with Crippen LogP contribution in [-0.4, -0.2) is 29.3 Å². The first-order valence-corrected chi connectivity index (χ1v) is 6.57. The summed E-state index contributed by atoms with van der Waals surface area (Å²) in [6.45, 7) is 5.70. The molecule has 0 heterocycles. The summed E-state index contributed by atoms with van der Waals surface area (Å²) >= 11 is 0. The van der Waals surface area contributed by atoms with Crippen LogP contribution in [0.1, 0.15) is 33.6 Å². The fraction of sp³-hybridized carbons (Fsp3) is 0.467. The van der Waals surface area contributed by atoms with E-state index in [1.54, 1.807) is 32.9 Å². The summed E-state index contributed by atoms with van der Waals surface area (Å²) in [5.41, 5.74) is 0.115. The fourth-order valence-electron chi connectivity index (χ4n) is 1.64. The first-order chi connectivity index (χ1) is 9.29. The van der Waals surface area contributed by atoms with Crippen LogP contribution in [0.2, 0.25) is 0 Å². The molecule has 0 saturated heterocycles. The zero-order valence-electron chi connectivity index (χ0n) is 12.1. The van der Waals surface area contributed by atoms with Gasteiger partial charge in [0.25, 0.3) is 0 Å². The van der Waals surface area contributed by atoms with E-state index in [1.807, 2.05) is 18.2 Å². The summed E-state index contributed by atoms with van der Waals surface area (Å²) in [7, 11) is 0. The summed E-state index contributed by atoms with van der Waals surface area (Å²) in [6.07, 6.45) is -0.0654. The van der Waals surface area contributed by atoms with E-state index in [1.165, 1.54) is 4.90 Å². The number of hydrogen-bond acceptors (Lipinski definition) is 3. The van der Waals surface area contributed by atoms with Crippen molar-refractivity contribution in [2.24, 2.45) is 0 Å². The van der Waals surface area contributed by atoms with Crippen molar-refractivity contribution in [1.29, 1.82) is 0 Å². The maximum absolute atomic E-state index is 12.2. The second-order valence-corrected chi connectivity index (χ2v) is 5.46. The van der Waals surface area contributed by atoms with Gasteiger partial charge in [-0.1, -0.05) is 18.2 Å². The third-order valence-electron chi connectivity index (χ3n) is 2.45. The number of carboxylic acids is 1.